The summed E-state index contributed by atoms with van der Waals surface area (Å²) >= 11 is 0. The maximum atomic E-state index is 12.8. The molecular weight excluding hydrogens is 390 g/mol. The number of hydrogen-bond acceptors (Lipinski definition) is 4. The lowest BCUT2D eigenvalue weighted by Gasteiger charge is -2.35. The maximum absolute atomic E-state index is 12.8. The first-order valence-electron chi connectivity index (χ1n) is 10.8. The fourth-order valence-electron chi connectivity index (χ4n) is 4.20. The van der Waals surface area contributed by atoms with E-state index in [9.17, 15) is 9.59 Å². The van der Waals surface area contributed by atoms with E-state index in [1.807, 2.05) is 33.7 Å². The van der Waals surface area contributed by atoms with Crippen molar-refractivity contribution in [2.75, 3.05) is 31.1 Å². The number of hydrogen-bond donors (Lipinski definition) is 0. The Labute approximate surface area is 182 Å². The van der Waals surface area contributed by atoms with Crippen LogP contribution in [0.4, 0.5) is 5.69 Å². The van der Waals surface area contributed by atoms with Crippen molar-refractivity contribution in [1.29, 1.82) is 0 Å². The first-order valence-corrected chi connectivity index (χ1v) is 10.8. The molecule has 164 valence electrons. The molecule has 0 spiro atoms. The van der Waals surface area contributed by atoms with Gasteiger partial charge in [0.25, 0.3) is 0 Å². The summed E-state index contributed by atoms with van der Waals surface area (Å²) in [5.74, 6) is 0.134. The topological polar surface area (TPSA) is 63.4 Å². The SMILES string of the molecule is CC(=O)N1CCN(c2cccc(-c3ccc4c(n3)n(C)c(=O)n4CC(C)(C)C)c2)CC1. The molecule has 1 aliphatic heterocycles. The number of aryl methyl sites for hydroxylation is 1. The van der Waals surface area contributed by atoms with Crippen molar-refractivity contribution in [1.82, 2.24) is 19.0 Å². The minimum atomic E-state index is -0.0355. The number of pyridine rings is 1. The zero-order valence-corrected chi connectivity index (χ0v) is 19.1. The van der Waals surface area contributed by atoms with E-state index in [0.717, 1.165) is 48.6 Å². The van der Waals surface area contributed by atoms with Crippen LogP contribution >= 0.6 is 0 Å². The third-order valence-corrected chi connectivity index (χ3v) is 5.85. The van der Waals surface area contributed by atoms with E-state index < -0.39 is 0 Å². The quantitative estimate of drug-likeness (QED) is 0.652. The number of carbonyl (C=O) groups excluding carboxylic acids is 1. The molecule has 0 radical (unpaired) electrons. The van der Waals surface area contributed by atoms with Crippen LogP contribution in [0.2, 0.25) is 0 Å². The van der Waals surface area contributed by atoms with Gasteiger partial charge in [-0.3, -0.25) is 13.9 Å². The van der Waals surface area contributed by atoms with Crippen molar-refractivity contribution in [2.24, 2.45) is 12.5 Å². The smallest absolute Gasteiger partial charge is 0.330 e. The standard InChI is InChI=1S/C24H31N5O2/c1-17(30)27-11-13-28(14-12-27)19-8-6-7-18(15-19)20-9-10-21-22(25-20)26(5)23(31)29(21)16-24(2,3)4/h6-10,15H,11-14,16H2,1-5H3. The van der Waals surface area contributed by atoms with E-state index in [2.05, 4.69) is 37.8 Å². The van der Waals surface area contributed by atoms with Crippen molar-refractivity contribution in [3.63, 3.8) is 0 Å². The van der Waals surface area contributed by atoms with Gasteiger partial charge < -0.3 is 9.80 Å². The van der Waals surface area contributed by atoms with Crippen LogP contribution in [-0.4, -0.2) is 51.1 Å². The highest BCUT2D eigenvalue weighted by Crippen LogP contribution is 2.27. The molecule has 7 heteroatoms. The Kier molecular flexibility index (Phi) is 5.37. The van der Waals surface area contributed by atoms with E-state index in [0.29, 0.717) is 12.2 Å². The molecular formula is C24H31N5O2. The van der Waals surface area contributed by atoms with Crippen molar-refractivity contribution in [3.05, 3.63) is 46.9 Å². The number of imidazole rings is 1. The second-order valence-electron chi connectivity index (χ2n) is 9.57. The first kappa shape index (κ1) is 21.2. The number of nitrogens with zero attached hydrogens (tertiary/aromatic N) is 5. The Hall–Kier alpha value is -3.09. The lowest BCUT2D eigenvalue weighted by molar-refractivity contribution is -0.129. The van der Waals surface area contributed by atoms with Gasteiger partial charge in [-0.2, -0.15) is 0 Å². The van der Waals surface area contributed by atoms with Gasteiger partial charge in [-0.25, -0.2) is 9.78 Å². The van der Waals surface area contributed by atoms with E-state index in [-0.39, 0.29) is 17.0 Å². The number of anilines is 1. The molecule has 0 atom stereocenters. The average Bonchev–Trinajstić information content (AvgIpc) is 2.97. The van der Waals surface area contributed by atoms with Crippen LogP contribution in [-0.2, 0) is 18.4 Å². The number of piperazine rings is 1. The number of fused-ring (bicyclic) bond motifs is 1. The van der Waals surface area contributed by atoms with Crippen molar-refractivity contribution in [2.45, 2.75) is 34.2 Å². The van der Waals surface area contributed by atoms with Crippen LogP contribution in [0, 0.1) is 5.41 Å². The van der Waals surface area contributed by atoms with Gasteiger partial charge in [0.15, 0.2) is 5.65 Å². The molecule has 1 aromatic carbocycles. The highest BCUT2D eigenvalue weighted by molar-refractivity contribution is 5.77. The maximum Gasteiger partial charge on any atom is 0.330 e. The molecule has 1 saturated heterocycles. The third kappa shape index (κ3) is 4.22. The zero-order chi connectivity index (χ0) is 22.3. The van der Waals surface area contributed by atoms with Gasteiger partial charge in [-0.15, -0.1) is 0 Å². The van der Waals surface area contributed by atoms with Crippen LogP contribution in [0.15, 0.2) is 41.2 Å². The highest BCUT2D eigenvalue weighted by Gasteiger charge is 2.20. The van der Waals surface area contributed by atoms with Crippen LogP contribution in [0.1, 0.15) is 27.7 Å². The van der Waals surface area contributed by atoms with Crippen LogP contribution in [0.5, 0.6) is 0 Å². The Morgan fingerprint density at radius 1 is 1.06 bits per heavy atom. The predicted octanol–water partition coefficient (Wildman–Crippen LogP) is 3.12. The molecule has 3 aromatic rings. The number of aromatic nitrogens is 3. The summed E-state index contributed by atoms with van der Waals surface area (Å²) in [5.41, 5.74) is 4.52. The molecule has 1 fully saturated rings. The summed E-state index contributed by atoms with van der Waals surface area (Å²) in [6.07, 6.45) is 0. The number of rotatable bonds is 3. The third-order valence-electron chi connectivity index (χ3n) is 5.85. The summed E-state index contributed by atoms with van der Waals surface area (Å²) in [4.78, 5) is 33.4. The Morgan fingerprint density at radius 2 is 1.77 bits per heavy atom. The Balaban J connectivity index is 1.65. The molecule has 7 nitrogen and oxygen atoms in total. The Bertz CT molecular complexity index is 1180. The zero-order valence-electron chi connectivity index (χ0n) is 19.1. The lowest BCUT2D eigenvalue weighted by Crippen LogP contribution is -2.48. The molecule has 0 aliphatic carbocycles. The largest absolute Gasteiger partial charge is 0.368 e. The molecule has 1 amide bonds. The fourth-order valence-corrected chi connectivity index (χ4v) is 4.20. The molecule has 3 heterocycles. The summed E-state index contributed by atoms with van der Waals surface area (Å²) < 4.78 is 3.45. The van der Waals surface area contributed by atoms with Gasteiger partial charge >= 0.3 is 5.69 Å². The summed E-state index contributed by atoms with van der Waals surface area (Å²) in [5, 5.41) is 0. The average molecular weight is 422 g/mol. The van der Waals surface area contributed by atoms with Crippen molar-refractivity contribution in [3.8, 4) is 11.3 Å². The van der Waals surface area contributed by atoms with Gasteiger partial charge in [-0.05, 0) is 29.7 Å². The highest BCUT2D eigenvalue weighted by atomic mass is 16.2. The van der Waals surface area contributed by atoms with Crippen LogP contribution in [0.3, 0.4) is 0 Å². The molecule has 0 unspecified atom stereocenters. The van der Waals surface area contributed by atoms with Gasteiger partial charge in [0.2, 0.25) is 5.91 Å². The summed E-state index contributed by atoms with van der Waals surface area (Å²) in [6, 6.07) is 12.3. The second kappa shape index (κ2) is 7.87. The lowest BCUT2D eigenvalue weighted by atomic mass is 9.97. The minimum absolute atomic E-state index is 0.00246. The van der Waals surface area contributed by atoms with E-state index in [1.165, 1.54) is 0 Å². The Morgan fingerprint density at radius 3 is 2.42 bits per heavy atom. The van der Waals surface area contributed by atoms with Crippen molar-refractivity contribution < 1.29 is 4.79 Å². The number of carbonyl (C=O) groups is 1. The molecule has 2 aromatic heterocycles. The van der Waals surface area contributed by atoms with E-state index >= 15 is 0 Å². The normalized spacial score (nSPS) is 15.0. The molecule has 1 aliphatic rings. The van der Waals surface area contributed by atoms with Crippen LogP contribution in [0.25, 0.3) is 22.4 Å². The predicted molar refractivity (Wildman–Crippen MR) is 124 cm³/mol. The monoisotopic (exact) mass is 421 g/mol. The summed E-state index contributed by atoms with van der Waals surface area (Å²) in [6.45, 7) is 11.8. The van der Waals surface area contributed by atoms with Crippen LogP contribution < -0.4 is 10.6 Å². The summed E-state index contributed by atoms with van der Waals surface area (Å²) in [7, 11) is 1.78. The number of amides is 1. The van der Waals surface area contributed by atoms with E-state index in [1.54, 1.807) is 18.5 Å². The van der Waals surface area contributed by atoms with E-state index in [4.69, 9.17) is 4.98 Å². The molecule has 0 N–H and O–H groups in total. The molecule has 31 heavy (non-hydrogen) atoms. The minimum Gasteiger partial charge on any atom is -0.368 e. The van der Waals surface area contributed by atoms with Gasteiger partial charge in [0.05, 0.1) is 11.2 Å². The fraction of sp³-hybridized carbons (Fsp3) is 0.458. The molecule has 4 rings (SSSR count). The van der Waals surface area contributed by atoms with Gasteiger partial charge in [-0.1, -0.05) is 32.9 Å². The molecule has 0 saturated carbocycles. The molecule has 0 bridgehead atoms. The van der Waals surface area contributed by atoms with Crippen molar-refractivity contribution >= 4 is 22.8 Å². The first-order chi connectivity index (χ1) is 14.6. The number of benzene rings is 1. The van der Waals surface area contributed by atoms with Gasteiger partial charge in [0.1, 0.15) is 0 Å². The second-order valence-corrected chi connectivity index (χ2v) is 9.57. The van der Waals surface area contributed by atoms with Gasteiger partial charge in [0, 0.05) is 57.9 Å².